The fourth-order valence-electron chi connectivity index (χ4n) is 1.13. The van der Waals surface area contributed by atoms with Gasteiger partial charge in [0.15, 0.2) is 5.78 Å². The predicted molar refractivity (Wildman–Crippen MR) is 50.2 cm³/mol. The maximum Gasteiger partial charge on any atom is 0.164 e. The van der Waals surface area contributed by atoms with Gasteiger partial charge in [-0.2, -0.15) is 0 Å². The van der Waals surface area contributed by atoms with Crippen LogP contribution in [0, 0.1) is 12.7 Å². The second-order valence-electron chi connectivity index (χ2n) is 2.97. The largest absolute Gasteiger partial charge is 0.398 e. The summed E-state index contributed by atoms with van der Waals surface area (Å²) in [6.07, 6.45) is 0.384. The summed E-state index contributed by atoms with van der Waals surface area (Å²) >= 11 is 0. The Kier molecular flexibility index (Phi) is 2.66. The Labute approximate surface area is 76.6 Å². The number of aryl methyl sites for hydroxylation is 1. The van der Waals surface area contributed by atoms with Crippen molar-refractivity contribution in [3.8, 4) is 0 Å². The quantitative estimate of drug-likeness (QED) is 0.562. The number of Topliss-reactive ketones (excluding diaryl/α,β-unsaturated/α-hetero) is 1. The fourth-order valence-corrected chi connectivity index (χ4v) is 1.13. The van der Waals surface area contributed by atoms with Crippen molar-refractivity contribution in [3.63, 3.8) is 0 Å². The molecule has 0 bridgehead atoms. The molecule has 0 saturated carbocycles. The zero-order chi connectivity index (χ0) is 10.0. The molecule has 1 aromatic carbocycles. The average molecular weight is 181 g/mol. The summed E-state index contributed by atoms with van der Waals surface area (Å²) in [6.45, 7) is 3.36. The van der Waals surface area contributed by atoms with E-state index in [9.17, 15) is 9.18 Å². The van der Waals surface area contributed by atoms with Crippen molar-refractivity contribution in [3.05, 3.63) is 29.1 Å². The number of rotatable bonds is 2. The predicted octanol–water partition coefficient (Wildman–Crippen LogP) is 2.31. The molecule has 0 amide bonds. The van der Waals surface area contributed by atoms with E-state index in [1.807, 2.05) is 0 Å². The van der Waals surface area contributed by atoms with Gasteiger partial charge in [-0.15, -0.1) is 0 Å². The minimum atomic E-state index is -0.370. The first kappa shape index (κ1) is 9.71. The molecule has 70 valence electrons. The molecule has 1 rings (SSSR count). The Morgan fingerprint density at radius 2 is 2.15 bits per heavy atom. The van der Waals surface area contributed by atoms with E-state index >= 15 is 0 Å². The van der Waals surface area contributed by atoms with Crippen LogP contribution in [-0.2, 0) is 0 Å². The van der Waals surface area contributed by atoms with Crippen molar-refractivity contribution in [1.29, 1.82) is 0 Å². The second kappa shape index (κ2) is 3.56. The van der Waals surface area contributed by atoms with Gasteiger partial charge in [-0.25, -0.2) is 4.39 Å². The molecule has 3 heteroatoms. The van der Waals surface area contributed by atoms with E-state index in [-0.39, 0.29) is 17.3 Å². The number of hydrogen-bond donors (Lipinski definition) is 1. The summed E-state index contributed by atoms with van der Waals surface area (Å²) in [5.74, 6) is -0.425. The van der Waals surface area contributed by atoms with Gasteiger partial charge in [-0.3, -0.25) is 4.79 Å². The Hall–Kier alpha value is -1.38. The van der Waals surface area contributed by atoms with Crippen LogP contribution in [0.4, 0.5) is 10.1 Å². The zero-order valence-electron chi connectivity index (χ0n) is 7.73. The summed E-state index contributed by atoms with van der Waals surface area (Å²) in [7, 11) is 0. The van der Waals surface area contributed by atoms with Crippen LogP contribution in [0.5, 0.6) is 0 Å². The molecule has 0 spiro atoms. The number of nitrogens with two attached hydrogens (primary N) is 1. The Morgan fingerprint density at radius 1 is 1.54 bits per heavy atom. The summed E-state index contributed by atoms with van der Waals surface area (Å²) in [6, 6.07) is 2.69. The van der Waals surface area contributed by atoms with E-state index < -0.39 is 0 Å². The standard InChI is InChI=1S/C10H12FNO/c1-3-10(13)7-4-6(2)8(11)5-9(7)12/h4-5H,3,12H2,1-2H3. The molecule has 0 fully saturated rings. The second-order valence-corrected chi connectivity index (χ2v) is 2.97. The third-order valence-electron chi connectivity index (χ3n) is 1.95. The minimum Gasteiger partial charge on any atom is -0.398 e. The van der Waals surface area contributed by atoms with Crippen LogP contribution < -0.4 is 5.73 Å². The van der Waals surface area contributed by atoms with E-state index in [0.29, 0.717) is 17.5 Å². The van der Waals surface area contributed by atoms with Gasteiger partial charge in [0, 0.05) is 17.7 Å². The van der Waals surface area contributed by atoms with Gasteiger partial charge in [0.1, 0.15) is 5.82 Å². The van der Waals surface area contributed by atoms with Gasteiger partial charge >= 0.3 is 0 Å². The highest BCUT2D eigenvalue weighted by molar-refractivity contribution is 6.00. The van der Waals surface area contributed by atoms with Crippen LogP contribution in [0.3, 0.4) is 0 Å². The molecule has 13 heavy (non-hydrogen) atoms. The van der Waals surface area contributed by atoms with Gasteiger partial charge in [0.25, 0.3) is 0 Å². The Morgan fingerprint density at radius 3 is 2.69 bits per heavy atom. The van der Waals surface area contributed by atoms with Gasteiger partial charge in [-0.05, 0) is 24.6 Å². The molecule has 0 aromatic heterocycles. The lowest BCUT2D eigenvalue weighted by atomic mass is 10.0. The van der Waals surface area contributed by atoms with Crippen LogP contribution in [0.2, 0.25) is 0 Å². The average Bonchev–Trinajstić information content (AvgIpc) is 2.10. The van der Waals surface area contributed by atoms with E-state index in [4.69, 9.17) is 5.73 Å². The number of nitrogen functional groups attached to an aromatic ring is 1. The van der Waals surface area contributed by atoms with Gasteiger partial charge in [0.2, 0.25) is 0 Å². The molecular weight excluding hydrogens is 169 g/mol. The first-order chi connectivity index (χ1) is 6.06. The van der Waals surface area contributed by atoms with Crippen molar-refractivity contribution in [2.45, 2.75) is 20.3 Å². The molecule has 1 aromatic rings. The van der Waals surface area contributed by atoms with Crippen molar-refractivity contribution < 1.29 is 9.18 Å². The number of carbonyl (C=O) groups excluding carboxylic acids is 1. The maximum atomic E-state index is 12.9. The third kappa shape index (κ3) is 1.86. The van der Waals surface area contributed by atoms with E-state index in [2.05, 4.69) is 0 Å². The molecule has 0 unspecified atom stereocenters. The summed E-state index contributed by atoms with van der Waals surface area (Å²) < 4.78 is 12.9. The molecule has 0 heterocycles. The minimum absolute atomic E-state index is 0.0550. The van der Waals surface area contributed by atoms with Gasteiger partial charge in [0.05, 0.1) is 0 Å². The highest BCUT2D eigenvalue weighted by atomic mass is 19.1. The molecule has 0 aliphatic heterocycles. The molecule has 0 saturated heterocycles. The molecule has 0 aliphatic carbocycles. The van der Waals surface area contributed by atoms with Crippen LogP contribution in [-0.4, -0.2) is 5.78 Å². The zero-order valence-corrected chi connectivity index (χ0v) is 7.73. The fraction of sp³-hybridized carbons (Fsp3) is 0.300. The first-order valence-electron chi connectivity index (χ1n) is 4.15. The summed E-state index contributed by atoms with van der Waals surface area (Å²) in [5, 5.41) is 0. The maximum absolute atomic E-state index is 12.9. The SMILES string of the molecule is CCC(=O)c1cc(C)c(F)cc1N. The van der Waals surface area contributed by atoms with Crippen LogP contribution >= 0.6 is 0 Å². The molecular formula is C10H12FNO. The van der Waals surface area contributed by atoms with Gasteiger partial charge < -0.3 is 5.73 Å². The normalized spacial score (nSPS) is 10.1. The molecule has 2 nitrogen and oxygen atoms in total. The highest BCUT2D eigenvalue weighted by Gasteiger charge is 2.10. The van der Waals surface area contributed by atoms with Crippen LogP contribution in [0.15, 0.2) is 12.1 Å². The van der Waals surface area contributed by atoms with E-state index in [0.717, 1.165) is 0 Å². The number of anilines is 1. The van der Waals surface area contributed by atoms with Gasteiger partial charge in [-0.1, -0.05) is 6.92 Å². The van der Waals surface area contributed by atoms with Crippen molar-refractivity contribution in [2.24, 2.45) is 0 Å². The van der Waals surface area contributed by atoms with Crippen molar-refractivity contribution in [2.75, 3.05) is 5.73 Å². The number of benzene rings is 1. The van der Waals surface area contributed by atoms with E-state index in [1.165, 1.54) is 12.1 Å². The summed E-state index contributed by atoms with van der Waals surface area (Å²) in [4.78, 5) is 11.3. The topological polar surface area (TPSA) is 43.1 Å². The number of ketones is 1. The lowest BCUT2D eigenvalue weighted by molar-refractivity contribution is 0.0989. The molecule has 0 aliphatic rings. The Balaban J connectivity index is 3.23. The first-order valence-corrected chi connectivity index (χ1v) is 4.15. The molecule has 0 radical (unpaired) electrons. The number of carbonyl (C=O) groups is 1. The Bertz CT molecular complexity index is 347. The third-order valence-corrected chi connectivity index (χ3v) is 1.95. The van der Waals surface area contributed by atoms with Crippen molar-refractivity contribution in [1.82, 2.24) is 0 Å². The summed E-state index contributed by atoms with van der Waals surface area (Å²) in [5.41, 5.74) is 6.59. The van der Waals surface area contributed by atoms with E-state index in [1.54, 1.807) is 13.8 Å². The highest BCUT2D eigenvalue weighted by Crippen LogP contribution is 2.18. The number of halogens is 1. The lowest BCUT2D eigenvalue weighted by Gasteiger charge is -2.05. The van der Waals surface area contributed by atoms with Crippen LogP contribution in [0.1, 0.15) is 29.3 Å². The lowest BCUT2D eigenvalue weighted by Crippen LogP contribution is -2.04. The molecule has 2 N–H and O–H groups in total. The van der Waals surface area contributed by atoms with Crippen LogP contribution in [0.25, 0.3) is 0 Å². The smallest absolute Gasteiger partial charge is 0.164 e. The number of hydrogen-bond acceptors (Lipinski definition) is 2. The van der Waals surface area contributed by atoms with Crippen molar-refractivity contribution >= 4 is 11.5 Å². The molecule has 0 atom stereocenters. The monoisotopic (exact) mass is 181 g/mol.